The van der Waals surface area contributed by atoms with Gasteiger partial charge in [0.15, 0.2) is 17.2 Å². The Balaban J connectivity index is 1.80. The van der Waals surface area contributed by atoms with E-state index in [9.17, 15) is 14.0 Å². The van der Waals surface area contributed by atoms with Gasteiger partial charge in [-0.1, -0.05) is 6.92 Å². The summed E-state index contributed by atoms with van der Waals surface area (Å²) in [5, 5.41) is 4.16. The quantitative estimate of drug-likeness (QED) is 0.665. The van der Waals surface area contributed by atoms with Crippen molar-refractivity contribution in [3.05, 3.63) is 52.0 Å². The summed E-state index contributed by atoms with van der Waals surface area (Å²) in [5.74, 6) is 0.00663. The number of carbonyl (C=O) groups excluding carboxylic acids is 1. The molecular weight excluding hydrogens is 381 g/mol. The molecule has 1 atom stereocenters. The Morgan fingerprint density at radius 2 is 2.31 bits per heavy atom. The van der Waals surface area contributed by atoms with Gasteiger partial charge >= 0.3 is 5.97 Å². The van der Waals surface area contributed by atoms with Crippen molar-refractivity contribution < 1.29 is 18.7 Å². The van der Waals surface area contributed by atoms with E-state index in [-0.39, 0.29) is 35.8 Å². The van der Waals surface area contributed by atoms with Crippen LogP contribution in [0.25, 0.3) is 5.65 Å². The number of halogens is 1. The van der Waals surface area contributed by atoms with Gasteiger partial charge in [-0.05, 0) is 13.0 Å². The molecule has 1 aliphatic heterocycles. The van der Waals surface area contributed by atoms with Crippen molar-refractivity contribution in [1.29, 1.82) is 0 Å². The van der Waals surface area contributed by atoms with Crippen molar-refractivity contribution >= 4 is 17.4 Å². The van der Waals surface area contributed by atoms with E-state index in [0.717, 1.165) is 6.20 Å². The maximum atomic E-state index is 13.6. The first kappa shape index (κ1) is 18.9. The number of rotatable bonds is 4. The van der Waals surface area contributed by atoms with Gasteiger partial charge in [0.1, 0.15) is 11.4 Å². The first-order valence-corrected chi connectivity index (χ1v) is 9.26. The molecule has 0 fully saturated rings. The van der Waals surface area contributed by atoms with Crippen molar-refractivity contribution in [2.24, 2.45) is 5.92 Å². The molecule has 1 aliphatic rings. The molecular formula is C19H20FN5O4. The number of H-pyrrole nitrogens is 1. The van der Waals surface area contributed by atoms with Gasteiger partial charge in [0.2, 0.25) is 0 Å². The Labute approximate surface area is 165 Å². The van der Waals surface area contributed by atoms with E-state index < -0.39 is 11.8 Å². The fourth-order valence-electron chi connectivity index (χ4n) is 3.28. The Kier molecular flexibility index (Phi) is 4.91. The van der Waals surface area contributed by atoms with Crippen LogP contribution in [-0.2, 0) is 11.3 Å². The number of carbonyl (C=O) groups is 1. The first-order valence-electron chi connectivity index (χ1n) is 9.26. The second kappa shape index (κ2) is 7.53. The average molecular weight is 401 g/mol. The zero-order valence-electron chi connectivity index (χ0n) is 16.0. The van der Waals surface area contributed by atoms with Crippen LogP contribution in [0, 0.1) is 11.7 Å². The molecule has 0 bridgehead atoms. The molecule has 4 rings (SSSR count). The summed E-state index contributed by atoms with van der Waals surface area (Å²) in [6, 6.07) is 1.20. The Hall–Kier alpha value is -3.43. The third-order valence-corrected chi connectivity index (χ3v) is 4.60. The normalized spacial score (nSPS) is 16.2. The molecule has 152 valence electrons. The van der Waals surface area contributed by atoms with Gasteiger partial charge in [0.25, 0.3) is 5.56 Å². The first-order chi connectivity index (χ1) is 14.0. The number of hydrogen-bond donors (Lipinski definition) is 1. The highest BCUT2D eigenvalue weighted by molar-refractivity contribution is 5.95. The standard InChI is InChI=1S/C19H20FN5O4/c1-3-28-19(27)14-6-22-25-9-15-17(23-16(14)25)24(7-11(2)10-29-15)8-12-4-13(20)5-21-18(12)26/h4-6,9,11H,3,7-8,10H2,1-2H3,(H,21,26)/t11-/m0/s1. The predicted molar refractivity (Wildman–Crippen MR) is 102 cm³/mol. The van der Waals surface area contributed by atoms with E-state index in [1.165, 1.54) is 16.8 Å². The smallest absolute Gasteiger partial charge is 0.343 e. The van der Waals surface area contributed by atoms with Gasteiger partial charge in [-0.25, -0.2) is 18.7 Å². The van der Waals surface area contributed by atoms with Crippen LogP contribution in [0.2, 0.25) is 0 Å². The van der Waals surface area contributed by atoms with Crippen LogP contribution in [0.5, 0.6) is 5.75 Å². The number of anilines is 1. The number of hydrogen-bond acceptors (Lipinski definition) is 7. The van der Waals surface area contributed by atoms with Gasteiger partial charge in [-0.2, -0.15) is 5.10 Å². The molecule has 4 heterocycles. The number of nitrogens with one attached hydrogen (secondary N) is 1. The molecule has 3 aromatic rings. The molecule has 0 saturated heterocycles. The molecule has 0 unspecified atom stereocenters. The van der Waals surface area contributed by atoms with Crippen LogP contribution in [0.1, 0.15) is 29.8 Å². The molecule has 0 aromatic carbocycles. The van der Waals surface area contributed by atoms with E-state index >= 15 is 0 Å². The number of aromatic amines is 1. The summed E-state index contributed by atoms with van der Waals surface area (Å²) in [4.78, 5) is 33.2. The van der Waals surface area contributed by atoms with Gasteiger partial charge < -0.3 is 19.4 Å². The lowest BCUT2D eigenvalue weighted by atomic mass is 10.1. The summed E-state index contributed by atoms with van der Waals surface area (Å²) in [7, 11) is 0. The SMILES string of the molecule is CCOC(=O)c1cnn2cc3c(nc12)N(Cc1cc(F)c[nH]c1=O)C[C@H](C)CO3. The second-order valence-electron chi connectivity index (χ2n) is 6.94. The van der Waals surface area contributed by atoms with Gasteiger partial charge in [0, 0.05) is 24.2 Å². The Morgan fingerprint density at radius 1 is 1.48 bits per heavy atom. The summed E-state index contributed by atoms with van der Waals surface area (Å²) >= 11 is 0. The lowest BCUT2D eigenvalue weighted by molar-refractivity contribution is 0.0528. The minimum absolute atomic E-state index is 0.133. The summed E-state index contributed by atoms with van der Waals surface area (Å²) in [6.07, 6.45) is 4.05. The molecule has 3 aromatic heterocycles. The summed E-state index contributed by atoms with van der Waals surface area (Å²) in [5.41, 5.74) is 0.447. The van der Waals surface area contributed by atoms with Crippen LogP contribution in [0.3, 0.4) is 0 Å². The Morgan fingerprint density at radius 3 is 3.10 bits per heavy atom. The molecule has 0 saturated carbocycles. The topological polar surface area (TPSA) is 102 Å². The number of aromatic nitrogens is 4. The lowest BCUT2D eigenvalue weighted by Crippen LogP contribution is -2.31. The Bertz CT molecular complexity index is 1130. The predicted octanol–water partition coefficient (Wildman–Crippen LogP) is 1.77. The molecule has 1 N–H and O–H groups in total. The molecule has 0 amide bonds. The average Bonchev–Trinajstić information content (AvgIpc) is 3.04. The molecule has 9 nitrogen and oxygen atoms in total. The van der Waals surface area contributed by atoms with Crippen LogP contribution in [-0.4, -0.2) is 45.3 Å². The number of nitrogens with zero attached hydrogens (tertiary/aromatic N) is 4. The number of esters is 1. The zero-order chi connectivity index (χ0) is 20.5. The minimum Gasteiger partial charge on any atom is -0.488 e. The van der Waals surface area contributed by atoms with Gasteiger partial charge in [-0.15, -0.1) is 0 Å². The number of ether oxygens (including phenoxy) is 2. The number of fused-ring (bicyclic) bond motifs is 2. The van der Waals surface area contributed by atoms with Crippen molar-refractivity contribution in [1.82, 2.24) is 19.6 Å². The van der Waals surface area contributed by atoms with Crippen molar-refractivity contribution in [2.75, 3.05) is 24.7 Å². The van der Waals surface area contributed by atoms with Crippen LogP contribution in [0.15, 0.2) is 29.5 Å². The van der Waals surface area contributed by atoms with E-state index in [1.54, 1.807) is 13.1 Å². The maximum absolute atomic E-state index is 13.6. The largest absolute Gasteiger partial charge is 0.488 e. The molecule has 29 heavy (non-hydrogen) atoms. The highest BCUT2D eigenvalue weighted by Gasteiger charge is 2.26. The van der Waals surface area contributed by atoms with Crippen LogP contribution in [0.4, 0.5) is 10.2 Å². The summed E-state index contributed by atoms with van der Waals surface area (Å²) < 4.78 is 26.0. The molecule has 10 heteroatoms. The van der Waals surface area contributed by atoms with Crippen LogP contribution >= 0.6 is 0 Å². The highest BCUT2D eigenvalue weighted by Crippen LogP contribution is 2.32. The lowest BCUT2D eigenvalue weighted by Gasteiger charge is -2.24. The van der Waals surface area contributed by atoms with Gasteiger partial charge in [0.05, 0.1) is 32.2 Å². The van der Waals surface area contributed by atoms with Crippen LogP contribution < -0.4 is 15.2 Å². The van der Waals surface area contributed by atoms with Crippen molar-refractivity contribution in [3.63, 3.8) is 0 Å². The third kappa shape index (κ3) is 3.65. The molecule has 0 spiro atoms. The van der Waals surface area contributed by atoms with E-state index in [0.29, 0.717) is 30.4 Å². The third-order valence-electron chi connectivity index (χ3n) is 4.60. The van der Waals surface area contributed by atoms with E-state index in [1.807, 2.05) is 11.8 Å². The van der Waals surface area contributed by atoms with Crippen molar-refractivity contribution in [2.45, 2.75) is 20.4 Å². The monoisotopic (exact) mass is 401 g/mol. The summed E-state index contributed by atoms with van der Waals surface area (Å²) in [6.45, 7) is 5.08. The maximum Gasteiger partial charge on any atom is 0.343 e. The van der Waals surface area contributed by atoms with Gasteiger partial charge in [-0.3, -0.25) is 4.79 Å². The zero-order valence-corrected chi connectivity index (χ0v) is 16.0. The second-order valence-corrected chi connectivity index (χ2v) is 6.94. The van der Waals surface area contributed by atoms with Crippen molar-refractivity contribution in [3.8, 4) is 5.75 Å². The number of pyridine rings is 1. The fourth-order valence-corrected chi connectivity index (χ4v) is 3.28. The minimum atomic E-state index is -0.525. The molecule has 0 aliphatic carbocycles. The molecule has 0 radical (unpaired) electrons. The fraction of sp³-hybridized carbons (Fsp3) is 0.368. The van der Waals surface area contributed by atoms with E-state index in [2.05, 4.69) is 15.1 Å². The highest BCUT2D eigenvalue weighted by atomic mass is 19.1. The van der Waals surface area contributed by atoms with E-state index in [4.69, 9.17) is 9.47 Å².